The highest BCUT2D eigenvalue weighted by Crippen LogP contribution is 2.17. The van der Waals surface area contributed by atoms with Gasteiger partial charge in [-0.3, -0.25) is 0 Å². The average molecular weight is 202 g/mol. The second-order valence-corrected chi connectivity index (χ2v) is 4.28. The zero-order valence-electron chi connectivity index (χ0n) is 10.2. The number of hydrogen-bond donors (Lipinski definition) is 1. The summed E-state index contributed by atoms with van der Waals surface area (Å²) in [7, 11) is 0. The van der Waals surface area contributed by atoms with Crippen molar-refractivity contribution in [1.82, 2.24) is 0 Å². The minimum atomic E-state index is -0.676. The largest absolute Gasteiger partial charge is 0.387 e. The van der Waals surface area contributed by atoms with Gasteiger partial charge in [0.2, 0.25) is 0 Å². The van der Waals surface area contributed by atoms with E-state index in [1.165, 1.54) is 19.3 Å². The topological polar surface area (TPSA) is 29.5 Å². The molecule has 0 saturated heterocycles. The first-order valence-corrected chi connectivity index (χ1v) is 5.88. The standard InChI is InChI=1S/C12H26O2/c1-5-7-8-9-10-14-11(3)12(4,13)6-2/h11,13H,5-10H2,1-4H3. The Kier molecular flexibility index (Phi) is 7.20. The molecule has 0 aromatic carbocycles. The van der Waals surface area contributed by atoms with Crippen molar-refractivity contribution in [3.8, 4) is 0 Å². The SMILES string of the molecule is CCCCCCOC(C)C(C)(O)CC. The van der Waals surface area contributed by atoms with Crippen molar-refractivity contribution in [2.75, 3.05) is 6.61 Å². The second kappa shape index (κ2) is 7.24. The number of unbranched alkanes of at least 4 members (excludes halogenated alkanes) is 3. The monoisotopic (exact) mass is 202 g/mol. The molecule has 0 rings (SSSR count). The van der Waals surface area contributed by atoms with Gasteiger partial charge in [-0.2, -0.15) is 0 Å². The van der Waals surface area contributed by atoms with E-state index in [9.17, 15) is 5.11 Å². The molecule has 0 saturated carbocycles. The van der Waals surface area contributed by atoms with Gasteiger partial charge < -0.3 is 9.84 Å². The summed E-state index contributed by atoms with van der Waals surface area (Å²) in [6.45, 7) is 8.74. The van der Waals surface area contributed by atoms with Crippen LogP contribution in [0.15, 0.2) is 0 Å². The Morgan fingerprint density at radius 1 is 1.21 bits per heavy atom. The highest BCUT2D eigenvalue weighted by atomic mass is 16.5. The van der Waals surface area contributed by atoms with Gasteiger partial charge in [-0.1, -0.05) is 33.1 Å². The van der Waals surface area contributed by atoms with E-state index >= 15 is 0 Å². The molecule has 0 aromatic heterocycles. The molecule has 2 heteroatoms. The number of ether oxygens (including phenoxy) is 1. The van der Waals surface area contributed by atoms with E-state index in [2.05, 4.69) is 6.92 Å². The molecule has 14 heavy (non-hydrogen) atoms. The van der Waals surface area contributed by atoms with Gasteiger partial charge in [-0.25, -0.2) is 0 Å². The molecule has 1 N–H and O–H groups in total. The molecule has 0 bridgehead atoms. The first-order valence-electron chi connectivity index (χ1n) is 5.88. The summed E-state index contributed by atoms with van der Waals surface area (Å²) in [4.78, 5) is 0. The first kappa shape index (κ1) is 13.9. The van der Waals surface area contributed by atoms with Crippen LogP contribution in [0.5, 0.6) is 0 Å². The van der Waals surface area contributed by atoms with Gasteiger partial charge in [-0.05, 0) is 26.7 Å². The number of aliphatic hydroxyl groups is 1. The van der Waals surface area contributed by atoms with Crippen LogP contribution in [0.1, 0.15) is 59.8 Å². The van der Waals surface area contributed by atoms with Crippen LogP contribution in [0, 0.1) is 0 Å². The highest BCUT2D eigenvalue weighted by molar-refractivity contribution is 4.77. The van der Waals surface area contributed by atoms with Crippen LogP contribution in [-0.2, 0) is 4.74 Å². The number of hydrogen-bond acceptors (Lipinski definition) is 2. The molecule has 0 amide bonds. The lowest BCUT2D eigenvalue weighted by atomic mass is 9.97. The van der Waals surface area contributed by atoms with Crippen molar-refractivity contribution in [2.45, 2.75) is 71.5 Å². The zero-order chi connectivity index (χ0) is 11.0. The van der Waals surface area contributed by atoms with E-state index in [1.54, 1.807) is 0 Å². The van der Waals surface area contributed by atoms with Gasteiger partial charge in [0.1, 0.15) is 0 Å². The molecule has 0 aliphatic heterocycles. The van der Waals surface area contributed by atoms with Crippen LogP contribution >= 0.6 is 0 Å². The second-order valence-electron chi connectivity index (χ2n) is 4.28. The molecule has 2 nitrogen and oxygen atoms in total. The van der Waals surface area contributed by atoms with E-state index in [0.717, 1.165) is 19.4 Å². The minimum Gasteiger partial charge on any atom is -0.387 e. The molecule has 0 spiro atoms. The van der Waals surface area contributed by atoms with Crippen molar-refractivity contribution in [3.63, 3.8) is 0 Å². The molecule has 86 valence electrons. The Labute approximate surface area is 88.7 Å². The quantitative estimate of drug-likeness (QED) is 0.613. The van der Waals surface area contributed by atoms with Gasteiger partial charge in [-0.15, -0.1) is 0 Å². The van der Waals surface area contributed by atoms with Crippen molar-refractivity contribution in [3.05, 3.63) is 0 Å². The molecular weight excluding hydrogens is 176 g/mol. The fourth-order valence-corrected chi connectivity index (χ4v) is 1.26. The molecule has 0 fully saturated rings. The molecule has 2 atom stereocenters. The van der Waals surface area contributed by atoms with Crippen LogP contribution in [0.4, 0.5) is 0 Å². The summed E-state index contributed by atoms with van der Waals surface area (Å²) >= 11 is 0. The zero-order valence-corrected chi connectivity index (χ0v) is 10.2. The van der Waals surface area contributed by atoms with E-state index in [-0.39, 0.29) is 6.10 Å². The van der Waals surface area contributed by atoms with Crippen LogP contribution in [0.25, 0.3) is 0 Å². The lowest BCUT2D eigenvalue weighted by Gasteiger charge is -2.29. The molecule has 0 radical (unpaired) electrons. The van der Waals surface area contributed by atoms with Crippen molar-refractivity contribution >= 4 is 0 Å². The lowest BCUT2D eigenvalue weighted by molar-refractivity contribution is -0.0918. The summed E-state index contributed by atoms with van der Waals surface area (Å²) in [5, 5.41) is 9.87. The van der Waals surface area contributed by atoms with E-state index in [4.69, 9.17) is 4.74 Å². The maximum absolute atomic E-state index is 9.87. The predicted molar refractivity (Wildman–Crippen MR) is 60.5 cm³/mol. The smallest absolute Gasteiger partial charge is 0.0874 e. The summed E-state index contributed by atoms with van der Waals surface area (Å²) in [6, 6.07) is 0. The Hall–Kier alpha value is -0.0800. The van der Waals surface area contributed by atoms with Gasteiger partial charge in [0.15, 0.2) is 0 Å². The molecule has 0 aliphatic carbocycles. The van der Waals surface area contributed by atoms with Crippen molar-refractivity contribution in [1.29, 1.82) is 0 Å². The van der Waals surface area contributed by atoms with Crippen molar-refractivity contribution in [2.24, 2.45) is 0 Å². The fraction of sp³-hybridized carbons (Fsp3) is 1.00. The van der Waals surface area contributed by atoms with E-state index < -0.39 is 5.60 Å². The predicted octanol–water partition coefficient (Wildman–Crippen LogP) is 3.13. The molecular formula is C12H26O2. The number of rotatable bonds is 8. The molecule has 2 unspecified atom stereocenters. The third kappa shape index (κ3) is 5.61. The van der Waals surface area contributed by atoms with Gasteiger partial charge >= 0.3 is 0 Å². The van der Waals surface area contributed by atoms with Gasteiger partial charge in [0, 0.05) is 6.61 Å². The fourth-order valence-electron chi connectivity index (χ4n) is 1.26. The Morgan fingerprint density at radius 2 is 1.86 bits per heavy atom. The van der Waals surface area contributed by atoms with Crippen LogP contribution in [0.2, 0.25) is 0 Å². The minimum absolute atomic E-state index is 0.0610. The maximum Gasteiger partial charge on any atom is 0.0874 e. The summed E-state index contributed by atoms with van der Waals surface area (Å²) in [5.74, 6) is 0. The summed E-state index contributed by atoms with van der Waals surface area (Å²) in [5.41, 5.74) is -0.676. The van der Waals surface area contributed by atoms with Crippen molar-refractivity contribution < 1.29 is 9.84 Å². The normalized spacial score (nSPS) is 17.8. The third-order valence-electron chi connectivity index (χ3n) is 2.96. The Bertz CT molecular complexity index is 132. The Balaban J connectivity index is 3.48. The highest BCUT2D eigenvalue weighted by Gasteiger charge is 2.26. The third-order valence-corrected chi connectivity index (χ3v) is 2.96. The van der Waals surface area contributed by atoms with E-state index in [1.807, 2.05) is 20.8 Å². The lowest BCUT2D eigenvalue weighted by Crippen LogP contribution is -2.38. The first-order chi connectivity index (χ1) is 6.54. The van der Waals surface area contributed by atoms with Crippen LogP contribution < -0.4 is 0 Å². The van der Waals surface area contributed by atoms with E-state index in [0.29, 0.717) is 0 Å². The van der Waals surface area contributed by atoms with Crippen LogP contribution in [0.3, 0.4) is 0 Å². The summed E-state index contributed by atoms with van der Waals surface area (Å²) in [6.07, 6.45) is 5.55. The van der Waals surface area contributed by atoms with Gasteiger partial charge in [0.25, 0.3) is 0 Å². The van der Waals surface area contributed by atoms with Gasteiger partial charge in [0.05, 0.1) is 11.7 Å². The van der Waals surface area contributed by atoms with Crippen LogP contribution in [-0.4, -0.2) is 23.4 Å². The molecule has 0 aromatic rings. The Morgan fingerprint density at radius 3 is 2.36 bits per heavy atom. The average Bonchev–Trinajstić information content (AvgIpc) is 2.17. The summed E-state index contributed by atoms with van der Waals surface area (Å²) < 4.78 is 5.59. The molecule has 0 aliphatic rings. The maximum atomic E-state index is 9.87. The molecule has 0 heterocycles.